The molecule has 1 heterocycles. The van der Waals surface area contributed by atoms with Crippen LogP contribution < -0.4 is 0 Å². The lowest BCUT2D eigenvalue weighted by Gasteiger charge is -2.53. The Balaban J connectivity index is 1.80. The third kappa shape index (κ3) is 3.30. The van der Waals surface area contributed by atoms with Gasteiger partial charge >= 0.3 is 0 Å². The molecule has 3 nitrogen and oxygen atoms in total. The average Bonchev–Trinajstić information content (AvgIpc) is 2.74. The van der Waals surface area contributed by atoms with Crippen molar-refractivity contribution in [3.8, 4) is 0 Å². The minimum Gasteiger partial charge on any atom is -0.374 e. The molecular formula is C20H36O3S. The fraction of sp³-hybridized carbons (Fsp3) is 1.00. The van der Waals surface area contributed by atoms with E-state index >= 15 is 0 Å². The van der Waals surface area contributed by atoms with Gasteiger partial charge in [0.05, 0.1) is 18.0 Å². The number of hydrogen-bond acceptors (Lipinski definition) is 3. The van der Waals surface area contributed by atoms with Crippen LogP contribution in [0, 0.1) is 28.6 Å². The quantitative estimate of drug-likeness (QED) is 0.747. The maximum atomic E-state index is 11.6. The highest BCUT2D eigenvalue weighted by atomic mass is 32.2. The highest BCUT2D eigenvalue weighted by Gasteiger charge is 2.60. The van der Waals surface area contributed by atoms with Crippen molar-refractivity contribution < 1.29 is 13.2 Å². The van der Waals surface area contributed by atoms with E-state index in [0.717, 1.165) is 31.1 Å². The van der Waals surface area contributed by atoms with Crippen molar-refractivity contribution in [3.63, 3.8) is 0 Å². The summed E-state index contributed by atoms with van der Waals surface area (Å²) in [5.41, 5.74) is 0.829. The second kappa shape index (κ2) is 6.26. The molecule has 0 radical (unpaired) electrons. The number of rotatable bonds is 4. The van der Waals surface area contributed by atoms with E-state index in [4.69, 9.17) is 4.74 Å². The molecule has 0 spiro atoms. The number of fused-ring (bicyclic) bond motifs is 3. The van der Waals surface area contributed by atoms with Crippen LogP contribution in [0.25, 0.3) is 0 Å². The van der Waals surface area contributed by atoms with E-state index in [1.807, 2.05) is 0 Å². The molecule has 1 aliphatic heterocycles. The lowest BCUT2D eigenvalue weighted by molar-refractivity contribution is -0.0893. The van der Waals surface area contributed by atoms with E-state index in [9.17, 15) is 8.42 Å². The molecule has 0 N–H and O–H groups in total. The van der Waals surface area contributed by atoms with Gasteiger partial charge in [0, 0.05) is 6.26 Å². The van der Waals surface area contributed by atoms with Gasteiger partial charge in [0.25, 0.3) is 0 Å². The molecular weight excluding hydrogens is 320 g/mol. The van der Waals surface area contributed by atoms with E-state index < -0.39 is 9.84 Å². The molecule has 0 aromatic heterocycles. The van der Waals surface area contributed by atoms with Gasteiger partial charge in [-0.05, 0) is 67.1 Å². The predicted octanol–water partition coefficient (Wildman–Crippen LogP) is 4.46. The summed E-state index contributed by atoms with van der Waals surface area (Å²) in [6.07, 6.45) is 9.96. The van der Waals surface area contributed by atoms with Crippen molar-refractivity contribution in [1.29, 1.82) is 0 Å². The summed E-state index contributed by atoms with van der Waals surface area (Å²) in [5, 5.41) is 0. The summed E-state index contributed by atoms with van der Waals surface area (Å²) >= 11 is 0. The topological polar surface area (TPSA) is 43.4 Å². The molecule has 0 amide bonds. The maximum absolute atomic E-state index is 11.6. The zero-order valence-corrected chi connectivity index (χ0v) is 17.0. The van der Waals surface area contributed by atoms with Gasteiger partial charge < -0.3 is 4.74 Å². The molecule has 24 heavy (non-hydrogen) atoms. The van der Waals surface area contributed by atoms with E-state index in [2.05, 4.69) is 27.7 Å². The normalized spacial score (nSPS) is 44.8. The summed E-state index contributed by atoms with van der Waals surface area (Å²) in [7, 11) is -2.96. The zero-order chi connectivity index (χ0) is 17.8. The van der Waals surface area contributed by atoms with E-state index in [1.165, 1.54) is 31.9 Å². The smallest absolute Gasteiger partial charge is 0.149 e. The number of sulfone groups is 1. The van der Waals surface area contributed by atoms with Crippen molar-refractivity contribution in [2.45, 2.75) is 84.8 Å². The zero-order valence-electron chi connectivity index (χ0n) is 16.2. The molecule has 0 bridgehead atoms. The van der Waals surface area contributed by atoms with Crippen molar-refractivity contribution >= 4 is 9.84 Å². The molecule has 3 fully saturated rings. The van der Waals surface area contributed by atoms with Crippen LogP contribution in [0.2, 0.25) is 0 Å². The molecule has 4 heteroatoms. The van der Waals surface area contributed by atoms with Crippen LogP contribution in [0.3, 0.4) is 0 Å². The van der Waals surface area contributed by atoms with Crippen molar-refractivity contribution in [3.05, 3.63) is 0 Å². The first kappa shape index (κ1) is 18.7. The summed E-state index contributed by atoms with van der Waals surface area (Å²) in [4.78, 5) is 0. The molecule has 0 aromatic carbocycles. The van der Waals surface area contributed by atoms with Crippen LogP contribution in [0.1, 0.15) is 72.6 Å². The first-order valence-corrected chi connectivity index (χ1v) is 12.0. The molecule has 3 aliphatic rings. The lowest BCUT2D eigenvalue weighted by atomic mass is 9.52. The third-order valence-corrected chi connectivity index (χ3v) is 8.66. The summed E-state index contributed by atoms with van der Waals surface area (Å²) < 4.78 is 29.7. The molecule has 1 saturated heterocycles. The van der Waals surface area contributed by atoms with Gasteiger partial charge in [0.2, 0.25) is 0 Å². The van der Waals surface area contributed by atoms with Crippen LogP contribution in [-0.2, 0) is 14.6 Å². The molecule has 2 saturated carbocycles. The number of hydrogen-bond donors (Lipinski definition) is 0. The van der Waals surface area contributed by atoms with Crippen LogP contribution in [0.5, 0.6) is 0 Å². The van der Waals surface area contributed by atoms with Gasteiger partial charge in [-0.3, -0.25) is 0 Å². The summed E-state index contributed by atoms with van der Waals surface area (Å²) in [6.45, 7) is 9.74. The Morgan fingerprint density at radius 3 is 2.42 bits per heavy atom. The summed E-state index contributed by atoms with van der Waals surface area (Å²) in [5.74, 6) is 2.35. The first-order chi connectivity index (χ1) is 11.1. The Labute approximate surface area is 148 Å². The Hall–Kier alpha value is -0.0900. The fourth-order valence-electron chi connectivity index (χ4n) is 6.41. The Morgan fingerprint density at radius 2 is 1.79 bits per heavy atom. The van der Waals surface area contributed by atoms with Crippen molar-refractivity contribution in [1.82, 2.24) is 0 Å². The first-order valence-electron chi connectivity index (χ1n) is 9.90. The van der Waals surface area contributed by atoms with Gasteiger partial charge in [-0.2, -0.15) is 0 Å². The number of ether oxygens (including phenoxy) is 1. The third-order valence-electron chi connectivity index (χ3n) is 7.68. The van der Waals surface area contributed by atoms with Gasteiger partial charge in [0.15, 0.2) is 0 Å². The van der Waals surface area contributed by atoms with Gasteiger partial charge in [-0.15, -0.1) is 0 Å². The second-order valence-electron chi connectivity index (χ2n) is 9.80. The average molecular weight is 357 g/mol. The SMILES string of the molecule is CCCC1C2CC3OC(CS(C)(=O)=O)CCC3C2(C)CCC1(C)C. The molecule has 140 valence electrons. The van der Waals surface area contributed by atoms with E-state index in [-0.39, 0.29) is 18.0 Å². The standard InChI is InChI=1S/C20H36O3S/c1-6-7-15-17-12-18-16(20(17,4)11-10-19(15,2)3)9-8-14(23-18)13-24(5,21)22/h14-18H,6-13H2,1-5H3. The minimum absolute atomic E-state index is 0.0809. The minimum atomic E-state index is -2.96. The van der Waals surface area contributed by atoms with Gasteiger partial charge in [0.1, 0.15) is 9.84 Å². The Bertz CT molecular complexity index is 567. The monoisotopic (exact) mass is 356 g/mol. The molecule has 6 atom stereocenters. The second-order valence-corrected chi connectivity index (χ2v) is 12.0. The maximum Gasteiger partial charge on any atom is 0.149 e. The molecule has 2 aliphatic carbocycles. The van der Waals surface area contributed by atoms with Gasteiger partial charge in [-0.1, -0.05) is 34.1 Å². The lowest BCUT2D eigenvalue weighted by Crippen LogP contribution is -2.46. The van der Waals surface area contributed by atoms with Crippen molar-refractivity contribution in [2.75, 3.05) is 12.0 Å². The Morgan fingerprint density at radius 1 is 1.08 bits per heavy atom. The van der Waals surface area contributed by atoms with Crippen LogP contribution >= 0.6 is 0 Å². The summed E-state index contributed by atoms with van der Waals surface area (Å²) in [6, 6.07) is 0. The van der Waals surface area contributed by atoms with Crippen molar-refractivity contribution in [2.24, 2.45) is 28.6 Å². The molecule has 0 aromatic rings. The molecule has 3 rings (SSSR count). The van der Waals surface area contributed by atoms with E-state index in [1.54, 1.807) is 0 Å². The van der Waals surface area contributed by atoms with Crippen LogP contribution in [-0.4, -0.2) is 32.6 Å². The fourth-order valence-corrected chi connectivity index (χ4v) is 7.33. The highest BCUT2D eigenvalue weighted by Crippen LogP contribution is 2.65. The largest absolute Gasteiger partial charge is 0.374 e. The van der Waals surface area contributed by atoms with E-state index in [0.29, 0.717) is 16.7 Å². The Kier molecular flexibility index (Phi) is 4.88. The highest BCUT2D eigenvalue weighted by molar-refractivity contribution is 7.90. The van der Waals surface area contributed by atoms with Gasteiger partial charge in [-0.25, -0.2) is 8.42 Å². The van der Waals surface area contributed by atoms with Crippen LogP contribution in [0.15, 0.2) is 0 Å². The predicted molar refractivity (Wildman–Crippen MR) is 98.7 cm³/mol. The van der Waals surface area contributed by atoms with Crippen LogP contribution in [0.4, 0.5) is 0 Å². The molecule has 6 unspecified atom stereocenters.